The zero-order valence-corrected chi connectivity index (χ0v) is 20.1. The molecule has 0 radical (unpaired) electrons. The second kappa shape index (κ2) is 7.57. The van der Waals surface area contributed by atoms with Crippen LogP contribution in [-0.2, 0) is 9.47 Å². The Morgan fingerprint density at radius 2 is 1.79 bits per heavy atom. The molecular weight excluding hydrogens is 424 g/mol. The van der Waals surface area contributed by atoms with Crippen LogP contribution < -0.4 is 0 Å². The number of aliphatic hydroxyl groups is 1. The van der Waals surface area contributed by atoms with Crippen molar-refractivity contribution in [2.45, 2.75) is 115 Å². The summed E-state index contributed by atoms with van der Waals surface area (Å²) in [7, 11) is 0. The predicted octanol–water partition coefficient (Wildman–Crippen LogP) is 6.03. The summed E-state index contributed by atoms with van der Waals surface area (Å²) in [6.45, 7) is 4.94. The molecule has 7 atom stereocenters. The molecule has 0 aromatic heterocycles. The number of hydrogen-bond donors (Lipinski definition) is 1. The molecule has 0 amide bonds. The quantitative estimate of drug-likeness (QED) is 0.411. The average molecular weight is 464 g/mol. The molecule has 33 heavy (non-hydrogen) atoms. The van der Waals surface area contributed by atoms with Crippen LogP contribution in [0.4, 0.5) is 8.78 Å². The number of ether oxygens (including phenoxy) is 2. The largest absolute Gasteiger partial charge is 0.360 e. The van der Waals surface area contributed by atoms with E-state index in [1.165, 1.54) is 18.6 Å². The van der Waals surface area contributed by atoms with E-state index in [2.05, 4.69) is 6.92 Å². The topological polar surface area (TPSA) is 51.0 Å². The Labute approximate surface area is 196 Å². The minimum Gasteiger partial charge on any atom is -0.360 e. The lowest BCUT2D eigenvalue weighted by molar-refractivity contribution is -0.375. The van der Waals surface area contributed by atoms with Gasteiger partial charge in [-0.2, -0.15) is 8.78 Å². The molecule has 2 unspecified atom stereocenters. The Morgan fingerprint density at radius 3 is 2.52 bits per heavy atom. The summed E-state index contributed by atoms with van der Waals surface area (Å²) in [5.74, 6) is -4.69. The fourth-order valence-electron chi connectivity index (χ4n) is 8.28. The van der Waals surface area contributed by atoms with E-state index in [9.17, 15) is 5.11 Å². The highest BCUT2D eigenvalue weighted by Gasteiger charge is 2.69. The van der Waals surface area contributed by atoms with E-state index in [0.29, 0.717) is 43.7 Å². The lowest BCUT2D eigenvalue weighted by atomic mass is 9.47. The second-order valence-corrected chi connectivity index (χ2v) is 12.2. The Morgan fingerprint density at radius 1 is 1.00 bits per heavy atom. The standard InChI is InChI=1S/C27H39F2NO3/c1-24-14-15-26(31,33-23-5-3-4-16-32-23)27(28,29)21(24)10-8-18-19-9-11-22(30-17-6-7-17)25(19,2)13-12-20(18)24/h10,17-20,23,31H,3-9,11-16H2,1-2H3/t18-,19-,20+,23?,24+,25-,26?/m0/s1. The molecule has 1 saturated heterocycles. The third-order valence-corrected chi connectivity index (χ3v) is 10.4. The summed E-state index contributed by atoms with van der Waals surface area (Å²) in [4.78, 5) is 5.10. The third-order valence-electron chi connectivity index (χ3n) is 10.4. The highest BCUT2D eigenvalue weighted by molar-refractivity contribution is 5.92. The Balaban J connectivity index is 1.28. The van der Waals surface area contributed by atoms with Gasteiger partial charge in [-0.1, -0.05) is 19.9 Å². The van der Waals surface area contributed by atoms with Gasteiger partial charge in [-0.05, 0) is 93.8 Å². The fourth-order valence-corrected chi connectivity index (χ4v) is 8.28. The Hall–Kier alpha value is -0.850. The molecule has 0 spiro atoms. The zero-order valence-electron chi connectivity index (χ0n) is 20.1. The van der Waals surface area contributed by atoms with Gasteiger partial charge >= 0.3 is 5.92 Å². The van der Waals surface area contributed by atoms with Gasteiger partial charge in [0, 0.05) is 29.7 Å². The van der Waals surface area contributed by atoms with Crippen LogP contribution >= 0.6 is 0 Å². The van der Waals surface area contributed by atoms with Crippen molar-refractivity contribution in [3.05, 3.63) is 11.6 Å². The average Bonchev–Trinajstić information content (AvgIpc) is 3.54. The molecule has 0 aromatic carbocycles. The van der Waals surface area contributed by atoms with Gasteiger partial charge in [0.05, 0.1) is 6.04 Å². The maximum Gasteiger partial charge on any atom is 0.322 e. The molecular formula is C27H39F2NO3. The van der Waals surface area contributed by atoms with Crippen molar-refractivity contribution in [3.63, 3.8) is 0 Å². The SMILES string of the molecule is C[C@]12CCC(O)(OC3CCCCO3)C(F)(F)C1=CC[C@@H]1[C@H]2CC[C@]2(C)C(=NC3CC3)CC[C@@H]12. The van der Waals surface area contributed by atoms with Crippen molar-refractivity contribution in [2.75, 3.05) is 6.61 Å². The van der Waals surface area contributed by atoms with Crippen LogP contribution in [0.5, 0.6) is 0 Å². The maximum absolute atomic E-state index is 16.0. The molecule has 0 aromatic rings. The van der Waals surface area contributed by atoms with Gasteiger partial charge in [0.25, 0.3) is 0 Å². The Bertz CT molecular complexity index is 863. The number of hydrogen-bond acceptors (Lipinski definition) is 4. The predicted molar refractivity (Wildman–Crippen MR) is 122 cm³/mol. The zero-order chi connectivity index (χ0) is 23.1. The van der Waals surface area contributed by atoms with Crippen LogP contribution in [0.1, 0.15) is 90.9 Å². The number of nitrogens with zero attached hydrogens (tertiary/aromatic N) is 1. The van der Waals surface area contributed by atoms with E-state index in [-0.39, 0.29) is 23.3 Å². The van der Waals surface area contributed by atoms with E-state index in [1.807, 2.05) is 6.92 Å². The summed E-state index contributed by atoms with van der Waals surface area (Å²) in [5.41, 5.74) is 1.09. The van der Waals surface area contributed by atoms with Crippen molar-refractivity contribution >= 4 is 5.71 Å². The number of allylic oxidation sites excluding steroid dienone is 1. The number of rotatable bonds is 3. The van der Waals surface area contributed by atoms with Crippen molar-refractivity contribution in [1.82, 2.24) is 0 Å². The molecule has 6 aliphatic rings. The van der Waals surface area contributed by atoms with Crippen LogP contribution in [0, 0.1) is 28.6 Å². The smallest absolute Gasteiger partial charge is 0.322 e. The number of halogens is 2. The van der Waals surface area contributed by atoms with Crippen molar-refractivity contribution in [3.8, 4) is 0 Å². The van der Waals surface area contributed by atoms with Crippen LogP contribution in [-0.4, -0.2) is 41.5 Å². The minimum absolute atomic E-state index is 0.0484. The summed E-state index contributed by atoms with van der Waals surface area (Å²) in [5, 5.41) is 11.1. The maximum atomic E-state index is 16.0. The molecule has 5 fully saturated rings. The first-order chi connectivity index (χ1) is 15.7. The van der Waals surface area contributed by atoms with Crippen LogP contribution in [0.3, 0.4) is 0 Å². The first kappa shape index (κ1) is 22.6. The highest BCUT2D eigenvalue weighted by Crippen LogP contribution is 2.67. The number of alkyl halides is 2. The first-order valence-electron chi connectivity index (χ1n) is 13.4. The number of fused-ring (bicyclic) bond motifs is 5. The first-order valence-corrected chi connectivity index (χ1v) is 13.4. The molecule has 4 saturated carbocycles. The van der Waals surface area contributed by atoms with Crippen LogP contribution in [0.25, 0.3) is 0 Å². The molecule has 1 heterocycles. The Kier molecular flexibility index (Phi) is 5.19. The molecule has 4 nitrogen and oxygen atoms in total. The summed E-state index contributed by atoms with van der Waals surface area (Å²) in [6.07, 6.45) is 11.3. The van der Waals surface area contributed by atoms with E-state index in [0.717, 1.165) is 38.5 Å². The van der Waals surface area contributed by atoms with E-state index in [1.54, 1.807) is 6.08 Å². The molecule has 6 rings (SSSR count). The lowest BCUT2D eigenvalue weighted by Crippen LogP contribution is -2.63. The molecule has 1 N–H and O–H groups in total. The highest BCUT2D eigenvalue weighted by atomic mass is 19.3. The monoisotopic (exact) mass is 463 g/mol. The molecule has 0 bridgehead atoms. The lowest BCUT2D eigenvalue weighted by Gasteiger charge is -2.59. The van der Waals surface area contributed by atoms with E-state index >= 15 is 8.78 Å². The van der Waals surface area contributed by atoms with E-state index < -0.39 is 23.4 Å². The normalized spacial score (nSPS) is 50.3. The number of aliphatic imine (C=N–C) groups is 1. The van der Waals surface area contributed by atoms with Crippen molar-refractivity contribution in [2.24, 2.45) is 33.6 Å². The third kappa shape index (κ3) is 3.33. The summed E-state index contributed by atoms with van der Waals surface area (Å²) >= 11 is 0. The summed E-state index contributed by atoms with van der Waals surface area (Å²) < 4.78 is 43.1. The minimum atomic E-state index is -3.40. The van der Waals surface area contributed by atoms with Gasteiger partial charge in [0.1, 0.15) is 0 Å². The van der Waals surface area contributed by atoms with Gasteiger partial charge < -0.3 is 14.6 Å². The van der Waals surface area contributed by atoms with Gasteiger partial charge in [-0.25, -0.2) is 0 Å². The summed E-state index contributed by atoms with van der Waals surface area (Å²) in [6, 6.07) is 0.548. The van der Waals surface area contributed by atoms with Gasteiger partial charge in [-0.15, -0.1) is 0 Å². The molecule has 5 aliphatic carbocycles. The van der Waals surface area contributed by atoms with Gasteiger partial charge in [0.2, 0.25) is 5.79 Å². The molecule has 6 heteroatoms. The van der Waals surface area contributed by atoms with Gasteiger partial charge in [-0.3, -0.25) is 4.99 Å². The van der Waals surface area contributed by atoms with Crippen LogP contribution in [0.2, 0.25) is 0 Å². The second-order valence-electron chi connectivity index (χ2n) is 12.2. The molecule has 1 aliphatic heterocycles. The van der Waals surface area contributed by atoms with Crippen molar-refractivity contribution in [1.29, 1.82) is 0 Å². The fraction of sp³-hybridized carbons (Fsp3) is 0.889. The van der Waals surface area contributed by atoms with Crippen LogP contribution in [0.15, 0.2) is 16.6 Å². The molecule has 184 valence electrons. The van der Waals surface area contributed by atoms with Crippen molar-refractivity contribution < 1.29 is 23.4 Å². The van der Waals surface area contributed by atoms with Gasteiger partial charge in [0.15, 0.2) is 6.29 Å². The van der Waals surface area contributed by atoms with E-state index in [4.69, 9.17) is 14.5 Å².